The van der Waals surface area contributed by atoms with Gasteiger partial charge >= 0.3 is 0 Å². The molecule has 0 fully saturated rings. The Hall–Kier alpha value is -3.10. The fourth-order valence-corrected chi connectivity index (χ4v) is 2.98. The van der Waals surface area contributed by atoms with E-state index in [-0.39, 0.29) is 0 Å². The SMILES string of the molecule is CC(C)(C)C(C#N)(C#N)c1c(F)c(F)c(C(C#N)(C#N)C(C)(C)C)c(F)c1F. The normalized spacial score (nSPS) is 12.5. The molecular formula is C20H18F4N4. The first-order valence-corrected chi connectivity index (χ1v) is 8.15. The van der Waals surface area contributed by atoms with Gasteiger partial charge in [-0.2, -0.15) is 21.0 Å². The number of hydrogen-bond acceptors (Lipinski definition) is 4. The van der Waals surface area contributed by atoms with Gasteiger partial charge in [0.05, 0.1) is 35.4 Å². The average Bonchev–Trinajstić information content (AvgIpc) is 2.58. The Morgan fingerprint density at radius 2 is 0.679 bits per heavy atom. The van der Waals surface area contributed by atoms with E-state index in [4.69, 9.17) is 0 Å². The zero-order valence-electron chi connectivity index (χ0n) is 16.3. The predicted molar refractivity (Wildman–Crippen MR) is 91.0 cm³/mol. The molecule has 0 saturated carbocycles. The van der Waals surface area contributed by atoms with E-state index in [9.17, 15) is 38.6 Å². The fraction of sp³-hybridized carbons (Fsp3) is 0.500. The van der Waals surface area contributed by atoms with E-state index in [2.05, 4.69) is 0 Å². The number of nitriles is 4. The summed E-state index contributed by atoms with van der Waals surface area (Å²) < 4.78 is 60.0. The number of halogens is 4. The fourth-order valence-electron chi connectivity index (χ4n) is 2.98. The molecule has 0 atom stereocenters. The van der Waals surface area contributed by atoms with Gasteiger partial charge in [-0.3, -0.25) is 0 Å². The minimum absolute atomic E-state index is 1.31. The molecule has 8 heteroatoms. The molecule has 146 valence electrons. The molecule has 0 heterocycles. The zero-order valence-corrected chi connectivity index (χ0v) is 16.3. The maximum absolute atomic E-state index is 15.0. The third-order valence-corrected chi connectivity index (χ3v) is 4.93. The van der Waals surface area contributed by atoms with Crippen LogP contribution in [0.25, 0.3) is 0 Å². The molecule has 1 aromatic carbocycles. The Kier molecular flexibility index (Phi) is 5.58. The third kappa shape index (κ3) is 2.78. The zero-order chi connectivity index (χ0) is 22.3. The molecule has 0 spiro atoms. The summed E-state index contributed by atoms with van der Waals surface area (Å²) in [4.78, 5) is 0. The highest BCUT2D eigenvalue weighted by atomic mass is 19.2. The molecule has 0 unspecified atom stereocenters. The molecule has 0 aliphatic carbocycles. The molecule has 4 nitrogen and oxygen atoms in total. The van der Waals surface area contributed by atoms with Crippen LogP contribution in [0.5, 0.6) is 0 Å². The van der Waals surface area contributed by atoms with E-state index in [1.165, 1.54) is 65.8 Å². The highest BCUT2D eigenvalue weighted by Gasteiger charge is 2.54. The molecule has 28 heavy (non-hydrogen) atoms. The summed E-state index contributed by atoms with van der Waals surface area (Å²) in [5, 5.41) is 38.0. The van der Waals surface area contributed by atoms with Gasteiger partial charge in [-0.1, -0.05) is 41.5 Å². The van der Waals surface area contributed by atoms with Crippen LogP contribution >= 0.6 is 0 Å². The number of nitrogens with zero attached hydrogens (tertiary/aromatic N) is 4. The Morgan fingerprint density at radius 3 is 0.786 bits per heavy atom. The quantitative estimate of drug-likeness (QED) is 0.530. The minimum Gasteiger partial charge on any atom is -0.203 e. The maximum atomic E-state index is 15.0. The molecule has 0 aromatic heterocycles. The summed E-state index contributed by atoms with van der Waals surface area (Å²) in [5.41, 5.74) is -10.8. The largest absolute Gasteiger partial charge is 0.203 e. The number of benzene rings is 1. The lowest BCUT2D eigenvalue weighted by atomic mass is 9.61. The van der Waals surface area contributed by atoms with Crippen molar-refractivity contribution in [3.05, 3.63) is 34.4 Å². The predicted octanol–water partition coefficient (Wildman–Crippen LogP) is 4.91. The summed E-state index contributed by atoms with van der Waals surface area (Å²) in [6.07, 6.45) is 0. The van der Waals surface area contributed by atoms with Crippen molar-refractivity contribution in [2.45, 2.75) is 52.4 Å². The topological polar surface area (TPSA) is 95.2 Å². The Morgan fingerprint density at radius 1 is 0.500 bits per heavy atom. The lowest BCUT2D eigenvalue weighted by molar-refractivity contribution is 0.263. The Labute approximate surface area is 161 Å². The molecule has 0 N–H and O–H groups in total. The van der Waals surface area contributed by atoms with Crippen molar-refractivity contribution < 1.29 is 17.6 Å². The first kappa shape index (κ1) is 22.9. The standard InChI is InChI=1S/C20H18F4N4/c1-17(2,3)19(7-25,8-26)11-13(21)15(23)12(16(24)14(11)22)20(9-27,10-28)18(4,5)6/h1-6H3. The number of rotatable bonds is 2. The molecule has 0 aliphatic rings. The second kappa shape index (κ2) is 6.81. The van der Waals surface area contributed by atoms with E-state index in [1.54, 1.807) is 0 Å². The van der Waals surface area contributed by atoms with E-state index in [1.807, 2.05) is 0 Å². The second-order valence-electron chi connectivity index (χ2n) is 8.45. The van der Waals surface area contributed by atoms with Gasteiger partial charge in [0.1, 0.15) is 0 Å². The van der Waals surface area contributed by atoms with Crippen LogP contribution in [0.15, 0.2) is 0 Å². The van der Waals surface area contributed by atoms with Gasteiger partial charge in [0.15, 0.2) is 34.1 Å². The van der Waals surface area contributed by atoms with Crippen molar-refractivity contribution in [2.75, 3.05) is 0 Å². The van der Waals surface area contributed by atoms with Crippen molar-refractivity contribution in [3.8, 4) is 24.3 Å². The maximum Gasteiger partial charge on any atom is 0.179 e. The van der Waals surface area contributed by atoms with Crippen LogP contribution in [0.3, 0.4) is 0 Å². The van der Waals surface area contributed by atoms with Gasteiger partial charge in [-0.15, -0.1) is 0 Å². The van der Waals surface area contributed by atoms with Crippen molar-refractivity contribution >= 4 is 0 Å². The van der Waals surface area contributed by atoms with E-state index < -0.39 is 56.1 Å². The summed E-state index contributed by atoms with van der Waals surface area (Å²) in [5.74, 6) is -7.92. The molecule has 1 aromatic rings. The molecule has 0 amide bonds. The molecule has 0 saturated heterocycles. The van der Waals surface area contributed by atoms with Crippen LogP contribution < -0.4 is 0 Å². The van der Waals surface area contributed by atoms with Crippen LogP contribution in [0, 0.1) is 79.4 Å². The Bertz CT molecular complexity index is 848. The molecule has 1 rings (SSSR count). The van der Waals surface area contributed by atoms with Gasteiger partial charge in [-0.05, 0) is 10.8 Å². The lowest BCUT2D eigenvalue weighted by Crippen LogP contribution is -2.43. The monoisotopic (exact) mass is 390 g/mol. The van der Waals surface area contributed by atoms with Crippen LogP contribution in [-0.4, -0.2) is 0 Å². The van der Waals surface area contributed by atoms with E-state index >= 15 is 0 Å². The van der Waals surface area contributed by atoms with Crippen molar-refractivity contribution in [1.82, 2.24) is 0 Å². The van der Waals surface area contributed by atoms with Crippen molar-refractivity contribution in [2.24, 2.45) is 10.8 Å². The Balaban J connectivity index is 4.28. The molecule has 0 aliphatic heterocycles. The van der Waals surface area contributed by atoms with Crippen LogP contribution in [0.2, 0.25) is 0 Å². The van der Waals surface area contributed by atoms with Gasteiger partial charge in [-0.25, -0.2) is 17.6 Å². The van der Waals surface area contributed by atoms with E-state index in [0.717, 1.165) is 0 Å². The highest BCUT2D eigenvalue weighted by Crippen LogP contribution is 2.48. The van der Waals surface area contributed by atoms with Gasteiger partial charge in [0.2, 0.25) is 0 Å². The average molecular weight is 390 g/mol. The molecular weight excluding hydrogens is 372 g/mol. The summed E-state index contributed by atoms with van der Waals surface area (Å²) >= 11 is 0. The molecule has 0 bridgehead atoms. The lowest BCUT2D eigenvalue weighted by Gasteiger charge is -2.36. The summed E-state index contributed by atoms with van der Waals surface area (Å²) in [7, 11) is 0. The van der Waals surface area contributed by atoms with Gasteiger partial charge in [0.25, 0.3) is 0 Å². The van der Waals surface area contributed by atoms with Crippen molar-refractivity contribution in [1.29, 1.82) is 21.0 Å². The van der Waals surface area contributed by atoms with E-state index in [0.29, 0.717) is 0 Å². The van der Waals surface area contributed by atoms with Crippen molar-refractivity contribution in [3.63, 3.8) is 0 Å². The first-order valence-electron chi connectivity index (χ1n) is 8.15. The third-order valence-electron chi connectivity index (χ3n) is 4.93. The van der Waals surface area contributed by atoms with Crippen LogP contribution in [0.1, 0.15) is 52.7 Å². The van der Waals surface area contributed by atoms with Gasteiger partial charge < -0.3 is 0 Å². The minimum atomic E-state index is -2.56. The van der Waals surface area contributed by atoms with Crippen LogP contribution in [-0.2, 0) is 10.8 Å². The van der Waals surface area contributed by atoms with Crippen LogP contribution in [0.4, 0.5) is 17.6 Å². The second-order valence-corrected chi connectivity index (χ2v) is 8.45. The highest BCUT2D eigenvalue weighted by molar-refractivity contribution is 5.52. The first-order chi connectivity index (χ1) is 12.6. The summed E-state index contributed by atoms with van der Waals surface area (Å²) in [6.45, 7) is 7.87. The summed E-state index contributed by atoms with van der Waals surface area (Å²) in [6, 6.07) is 5.88. The number of hydrogen-bond donors (Lipinski definition) is 0. The van der Waals surface area contributed by atoms with Gasteiger partial charge in [0, 0.05) is 0 Å². The smallest absolute Gasteiger partial charge is 0.179 e. The molecule has 0 radical (unpaired) electrons.